The SMILES string of the molecule is O=C(Oc1ccc(Cl)cc1/C=C1\SC(=O)N(Cc2ccc(Cl)cc2)C1=O)c1ccc(Cl)cc1. The Morgan fingerprint density at radius 3 is 2.15 bits per heavy atom. The van der Waals surface area contributed by atoms with E-state index in [0.717, 1.165) is 22.2 Å². The lowest BCUT2D eigenvalue weighted by Crippen LogP contribution is -2.27. The molecule has 5 nitrogen and oxygen atoms in total. The van der Waals surface area contributed by atoms with Crippen molar-refractivity contribution in [2.75, 3.05) is 0 Å². The minimum absolute atomic E-state index is 0.118. The number of carbonyl (C=O) groups is 3. The van der Waals surface area contributed by atoms with Crippen molar-refractivity contribution < 1.29 is 19.1 Å². The van der Waals surface area contributed by atoms with Crippen LogP contribution in [0.15, 0.2) is 71.6 Å². The monoisotopic (exact) mass is 517 g/mol. The maximum absolute atomic E-state index is 12.9. The van der Waals surface area contributed by atoms with E-state index in [-0.39, 0.29) is 17.2 Å². The Bertz CT molecular complexity index is 1270. The minimum atomic E-state index is -0.598. The smallest absolute Gasteiger partial charge is 0.343 e. The summed E-state index contributed by atoms with van der Waals surface area (Å²) < 4.78 is 5.52. The zero-order valence-electron chi connectivity index (χ0n) is 16.8. The minimum Gasteiger partial charge on any atom is -0.422 e. The molecule has 3 aromatic carbocycles. The van der Waals surface area contributed by atoms with Gasteiger partial charge in [-0.3, -0.25) is 14.5 Å². The summed E-state index contributed by atoms with van der Waals surface area (Å²) >= 11 is 18.7. The number of imide groups is 1. The van der Waals surface area contributed by atoms with Gasteiger partial charge in [0.2, 0.25) is 0 Å². The van der Waals surface area contributed by atoms with E-state index in [1.165, 1.54) is 12.1 Å². The number of amides is 2. The van der Waals surface area contributed by atoms with E-state index in [0.29, 0.717) is 26.2 Å². The second-order valence-corrected chi connectivity index (χ2v) is 9.28. The van der Waals surface area contributed by atoms with Crippen LogP contribution in [0.3, 0.4) is 0 Å². The lowest BCUT2D eigenvalue weighted by Gasteiger charge is -2.12. The van der Waals surface area contributed by atoms with Crippen molar-refractivity contribution in [2.24, 2.45) is 0 Å². The highest BCUT2D eigenvalue weighted by Crippen LogP contribution is 2.36. The van der Waals surface area contributed by atoms with E-state index in [9.17, 15) is 14.4 Å². The van der Waals surface area contributed by atoms with Crippen molar-refractivity contribution in [3.8, 4) is 5.75 Å². The average Bonchev–Trinajstić information content (AvgIpc) is 3.05. The molecular formula is C24H14Cl3NO4S. The van der Waals surface area contributed by atoms with E-state index in [1.807, 2.05) is 0 Å². The van der Waals surface area contributed by atoms with Crippen LogP contribution in [0.25, 0.3) is 6.08 Å². The normalized spacial score (nSPS) is 14.8. The predicted octanol–water partition coefficient (Wildman–Crippen LogP) is 7.10. The summed E-state index contributed by atoms with van der Waals surface area (Å²) in [6.45, 7) is 0.118. The maximum atomic E-state index is 12.9. The topological polar surface area (TPSA) is 63.7 Å². The molecule has 0 aromatic heterocycles. The van der Waals surface area contributed by atoms with Crippen LogP contribution < -0.4 is 4.74 Å². The third-order valence-corrected chi connectivity index (χ3v) is 6.31. The molecule has 0 spiro atoms. The van der Waals surface area contributed by atoms with Crippen LogP contribution >= 0.6 is 46.6 Å². The van der Waals surface area contributed by atoms with Crippen LogP contribution in [-0.4, -0.2) is 22.0 Å². The second-order valence-electron chi connectivity index (χ2n) is 6.97. The highest BCUT2D eigenvalue weighted by atomic mass is 35.5. The van der Waals surface area contributed by atoms with E-state index >= 15 is 0 Å². The quantitative estimate of drug-likeness (QED) is 0.205. The third kappa shape index (κ3) is 5.60. The molecule has 9 heteroatoms. The molecule has 1 fully saturated rings. The first-order valence-corrected chi connectivity index (χ1v) is 11.5. The molecule has 0 radical (unpaired) electrons. The van der Waals surface area contributed by atoms with Gasteiger partial charge in [-0.15, -0.1) is 0 Å². The Morgan fingerprint density at radius 2 is 1.48 bits per heavy atom. The van der Waals surface area contributed by atoms with Crippen molar-refractivity contribution in [3.63, 3.8) is 0 Å². The standard InChI is InChI=1S/C24H14Cl3NO4S/c25-17-5-1-14(2-6-17)13-28-22(29)21(33-24(28)31)12-16-11-19(27)9-10-20(16)32-23(30)15-3-7-18(26)8-4-15/h1-12H,13H2/b21-12-. The zero-order valence-corrected chi connectivity index (χ0v) is 19.8. The molecule has 2 amide bonds. The molecule has 0 saturated carbocycles. The average molecular weight is 519 g/mol. The van der Waals surface area contributed by atoms with Crippen LogP contribution in [0.2, 0.25) is 15.1 Å². The molecule has 0 unspecified atom stereocenters. The summed E-state index contributed by atoms with van der Waals surface area (Å²) in [5.41, 5.74) is 1.47. The lowest BCUT2D eigenvalue weighted by atomic mass is 10.1. The second kappa shape index (κ2) is 10.0. The van der Waals surface area contributed by atoms with Gasteiger partial charge in [-0.25, -0.2) is 4.79 Å². The fourth-order valence-electron chi connectivity index (χ4n) is 3.02. The van der Waals surface area contributed by atoms with Gasteiger partial charge in [0.15, 0.2) is 0 Å². The first kappa shape index (κ1) is 23.4. The number of carbonyl (C=O) groups excluding carboxylic acids is 3. The van der Waals surface area contributed by atoms with E-state index in [4.69, 9.17) is 39.5 Å². The molecule has 0 bridgehead atoms. The zero-order chi connectivity index (χ0) is 23.5. The van der Waals surface area contributed by atoms with Gasteiger partial charge >= 0.3 is 5.97 Å². The number of hydrogen-bond acceptors (Lipinski definition) is 5. The summed E-state index contributed by atoms with van der Waals surface area (Å²) in [7, 11) is 0. The molecule has 0 aliphatic carbocycles. The molecule has 0 N–H and O–H groups in total. The van der Waals surface area contributed by atoms with Crippen molar-refractivity contribution in [3.05, 3.63) is 103 Å². The summed E-state index contributed by atoms with van der Waals surface area (Å²) in [5.74, 6) is -0.849. The van der Waals surface area contributed by atoms with Gasteiger partial charge < -0.3 is 4.74 Å². The summed E-state index contributed by atoms with van der Waals surface area (Å²) in [6, 6.07) is 17.8. The highest BCUT2D eigenvalue weighted by Gasteiger charge is 2.35. The lowest BCUT2D eigenvalue weighted by molar-refractivity contribution is -0.123. The van der Waals surface area contributed by atoms with Crippen molar-refractivity contribution in [1.82, 2.24) is 4.90 Å². The van der Waals surface area contributed by atoms with E-state index in [2.05, 4.69) is 0 Å². The summed E-state index contributed by atoms with van der Waals surface area (Å²) in [6.07, 6.45) is 1.49. The molecule has 3 aromatic rings. The number of hydrogen-bond donors (Lipinski definition) is 0. The Kier molecular flexibility index (Phi) is 7.10. The van der Waals surface area contributed by atoms with Crippen LogP contribution in [0.4, 0.5) is 4.79 Å². The molecule has 1 heterocycles. The van der Waals surface area contributed by atoms with E-state index < -0.39 is 17.1 Å². The first-order chi connectivity index (χ1) is 15.8. The number of benzene rings is 3. The number of esters is 1. The fraction of sp³-hybridized carbons (Fsp3) is 0.0417. The van der Waals surface area contributed by atoms with Gasteiger partial charge in [0.05, 0.1) is 17.0 Å². The van der Waals surface area contributed by atoms with Gasteiger partial charge in [-0.05, 0) is 78.0 Å². The Labute approximate surface area is 208 Å². The Morgan fingerprint density at radius 1 is 0.879 bits per heavy atom. The third-order valence-electron chi connectivity index (χ3n) is 4.67. The number of ether oxygens (including phenoxy) is 1. The molecule has 0 atom stereocenters. The van der Waals surface area contributed by atoms with Gasteiger partial charge in [-0.2, -0.15) is 0 Å². The summed E-state index contributed by atoms with van der Waals surface area (Å²) in [4.78, 5) is 39.2. The molecule has 4 rings (SSSR count). The van der Waals surface area contributed by atoms with Crippen molar-refractivity contribution in [2.45, 2.75) is 6.54 Å². The van der Waals surface area contributed by atoms with Crippen molar-refractivity contribution in [1.29, 1.82) is 0 Å². The van der Waals surface area contributed by atoms with Crippen LogP contribution in [0.5, 0.6) is 5.75 Å². The molecular weight excluding hydrogens is 505 g/mol. The Hall–Kier alpha value is -2.77. The molecule has 1 aliphatic heterocycles. The van der Waals surface area contributed by atoms with Crippen LogP contribution in [-0.2, 0) is 11.3 Å². The van der Waals surface area contributed by atoms with Crippen LogP contribution in [0.1, 0.15) is 21.5 Å². The van der Waals surface area contributed by atoms with Crippen molar-refractivity contribution >= 4 is 69.8 Å². The molecule has 1 saturated heterocycles. The van der Waals surface area contributed by atoms with Gasteiger partial charge in [0, 0.05) is 20.6 Å². The number of halogens is 3. The van der Waals surface area contributed by atoms with Gasteiger partial charge in [0.1, 0.15) is 5.75 Å². The first-order valence-electron chi connectivity index (χ1n) is 9.57. The largest absolute Gasteiger partial charge is 0.422 e. The Balaban J connectivity index is 1.58. The van der Waals surface area contributed by atoms with Gasteiger partial charge in [0.25, 0.3) is 11.1 Å². The maximum Gasteiger partial charge on any atom is 0.343 e. The number of nitrogens with zero attached hydrogens (tertiary/aromatic N) is 1. The number of thioether (sulfide) groups is 1. The molecule has 1 aliphatic rings. The fourth-order valence-corrected chi connectivity index (χ4v) is 4.28. The van der Waals surface area contributed by atoms with Crippen LogP contribution in [0, 0.1) is 0 Å². The highest BCUT2D eigenvalue weighted by molar-refractivity contribution is 8.18. The number of rotatable bonds is 5. The van der Waals surface area contributed by atoms with E-state index in [1.54, 1.807) is 60.7 Å². The molecule has 166 valence electrons. The predicted molar refractivity (Wildman–Crippen MR) is 131 cm³/mol. The summed E-state index contributed by atoms with van der Waals surface area (Å²) in [5, 5.41) is 1.04. The molecule has 33 heavy (non-hydrogen) atoms. The van der Waals surface area contributed by atoms with Gasteiger partial charge in [-0.1, -0.05) is 46.9 Å².